The molecule has 2 aromatic carbocycles. The Morgan fingerprint density at radius 1 is 0.952 bits per heavy atom. The van der Waals surface area contributed by atoms with Crippen molar-refractivity contribution in [3.63, 3.8) is 0 Å². The van der Waals surface area contributed by atoms with Gasteiger partial charge in [-0.3, -0.25) is 0 Å². The Hall–Kier alpha value is -1.60. The van der Waals surface area contributed by atoms with Crippen LogP contribution in [0.4, 0.5) is 0 Å². The monoisotopic (exact) mass is 279 g/mol. The zero-order valence-corrected chi connectivity index (χ0v) is 13.1. The van der Waals surface area contributed by atoms with Crippen molar-refractivity contribution in [1.82, 2.24) is 5.32 Å². The highest BCUT2D eigenvalue weighted by Crippen LogP contribution is 2.37. The molecule has 21 heavy (non-hydrogen) atoms. The van der Waals surface area contributed by atoms with E-state index in [-0.39, 0.29) is 5.54 Å². The molecule has 1 fully saturated rings. The van der Waals surface area contributed by atoms with Crippen molar-refractivity contribution in [1.29, 1.82) is 0 Å². The molecule has 1 nitrogen and oxygen atoms in total. The van der Waals surface area contributed by atoms with Gasteiger partial charge < -0.3 is 5.32 Å². The number of benzene rings is 2. The fourth-order valence-corrected chi connectivity index (χ4v) is 3.65. The third-order valence-electron chi connectivity index (χ3n) is 4.55. The zero-order chi connectivity index (χ0) is 14.7. The first kappa shape index (κ1) is 14.3. The van der Waals surface area contributed by atoms with Gasteiger partial charge in [0.15, 0.2) is 0 Å². The fraction of sp³-hybridized carbons (Fsp3) is 0.400. The van der Waals surface area contributed by atoms with Crippen LogP contribution in [0.3, 0.4) is 0 Å². The van der Waals surface area contributed by atoms with Crippen LogP contribution in [0.15, 0.2) is 54.6 Å². The SMILES string of the molecule is CC(C)CC1(c2ccc(-c3ccccc3)cc2)CCCN1. The van der Waals surface area contributed by atoms with Crippen LogP contribution in [-0.4, -0.2) is 6.54 Å². The van der Waals surface area contributed by atoms with Crippen molar-refractivity contribution in [3.05, 3.63) is 60.2 Å². The van der Waals surface area contributed by atoms with Gasteiger partial charge in [0, 0.05) is 5.54 Å². The zero-order valence-electron chi connectivity index (χ0n) is 13.1. The highest BCUT2D eigenvalue weighted by molar-refractivity contribution is 5.63. The number of rotatable bonds is 4. The molecule has 1 heteroatoms. The van der Waals surface area contributed by atoms with Crippen LogP contribution >= 0.6 is 0 Å². The second kappa shape index (κ2) is 6.03. The average Bonchev–Trinajstić information content (AvgIpc) is 2.97. The molecule has 110 valence electrons. The minimum absolute atomic E-state index is 0.198. The summed E-state index contributed by atoms with van der Waals surface area (Å²) >= 11 is 0. The van der Waals surface area contributed by atoms with Crippen LogP contribution in [0.2, 0.25) is 0 Å². The van der Waals surface area contributed by atoms with E-state index in [9.17, 15) is 0 Å². The van der Waals surface area contributed by atoms with Gasteiger partial charge >= 0.3 is 0 Å². The summed E-state index contributed by atoms with van der Waals surface area (Å²) in [5.74, 6) is 0.712. The standard InChI is InChI=1S/C20H25N/c1-16(2)15-20(13-6-14-21-20)19-11-9-18(10-12-19)17-7-4-3-5-8-17/h3-5,7-12,16,21H,6,13-15H2,1-2H3. The highest BCUT2D eigenvalue weighted by atomic mass is 15.0. The van der Waals surface area contributed by atoms with E-state index < -0.39 is 0 Å². The summed E-state index contributed by atoms with van der Waals surface area (Å²) in [5, 5.41) is 3.78. The van der Waals surface area contributed by atoms with Gasteiger partial charge in [-0.05, 0) is 48.4 Å². The molecular formula is C20H25N. The Bertz CT molecular complexity index is 563. The Balaban J connectivity index is 1.89. The molecule has 0 spiro atoms. The van der Waals surface area contributed by atoms with Crippen LogP contribution < -0.4 is 5.32 Å². The first-order valence-electron chi connectivity index (χ1n) is 8.11. The van der Waals surface area contributed by atoms with Gasteiger partial charge in [0.2, 0.25) is 0 Å². The number of nitrogens with one attached hydrogen (secondary N) is 1. The van der Waals surface area contributed by atoms with E-state index in [1.54, 1.807) is 0 Å². The topological polar surface area (TPSA) is 12.0 Å². The third-order valence-corrected chi connectivity index (χ3v) is 4.55. The Kier molecular flexibility index (Phi) is 4.12. The van der Waals surface area contributed by atoms with Gasteiger partial charge in [-0.2, -0.15) is 0 Å². The summed E-state index contributed by atoms with van der Waals surface area (Å²) in [6.07, 6.45) is 3.76. The summed E-state index contributed by atoms with van der Waals surface area (Å²) < 4.78 is 0. The van der Waals surface area contributed by atoms with E-state index in [0.29, 0.717) is 5.92 Å². The maximum Gasteiger partial charge on any atom is 0.0437 e. The molecule has 1 heterocycles. The number of hydrogen-bond donors (Lipinski definition) is 1. The van der Waals surface area contributed by atoms with Gasteiger partial charge in [-0.1, -0.05) is 68.4 Å². The summed E-state index contributed by atoms with van der Waals surface area (Å²) in [6, 6.07) is 19.8. The van der Waals surface area contributed by atoms with Crippen molar-refractivity contribution >= 4 is 0 Å². The fourth-order valence-electron chi connectivity index (χ4n) is 3.65. The van der Waals surface area contributed by atoms with Gasteiger partial charge in [0.25, 0.3) is 0 Å². The van der Waals surface area contributed by atoms with Crippen LogP contribution in [0.1, 0.15) is 38.7 Å². The minimum Gasteiger partial charge on any atom is -0.307 e. The van der Waals surface area contributed by atoms with E-state index in [1.165, 1.54) is 36.0 Å². The smallest absolute Gasteiger partial charge is 0.0437 e. The molecule has 2 aromatic rings. The lowest BCUT2D eigenvalue weighted by Crippen LogP contribution is -2.38. The van der Waals surface area contributed by atoms with E-state index in [0.717, 1.165) is 6.54 Å². The van der Waals surface area contributed by atoms with Crippen LogP contribution in [0.5, 0.6) is 0 Å². The summed E-state index contributed by atoms with van der Waals surface area (Å²) in [5.41, 5.74) is 4.25. The lowest BCUT2D eigenvalue weighted by molar-refractivity contribution is 0.311. The van der Waals surface area contributed by atoms with Crippen molar-refractivity contribution in [2.45, 2.75) is 38.6 Å². The van der Waals surface area contributed by atoms with Crippen molar-refractivity contribution in [2.75, 3.05) is 6.54 Å². The van der Waals surface area contributed by atoms with Gasteiger partial charge in [0.1, 0.15) is 0 Å². The molecule has 3 rings (SSSR count). The predicted molar refractivity (Wildman–Crippen MR) is 90.2 cm³/mol. The minimum atomic E-state index is 0.198. The molecule has 1 N–H and O–H groups in total. The lowest BCUT2D eigenvalue weighted by Gasteiger charge is -2.32. The van der Waals surface area contributed by atoms with E-state index >= 15 is 0 Å². The van der Waals surface area contributed by atoms with E-state index in [4.69, 9.17) is 0 Å². The number of hydrogen-bond acceptors (Lipinski definition) is 1. The quantitative estimate of drug-likeness (QED) is 0.832. The molecule has 0 bridgehead atoms. The van der Waals surface area contributed by atoms with E-state index in [1.807, 2.05) is 0 Å². The lowest BCUT2D eigenvalue weighted by atomic mass is 9.81. The molecule has 1 atom stereocenters. The first-order chi connectivity index (χ1) is 10.2. The van der Waals surface area contributed by atoms with Crippen LogP contribution in [0, 0.1) is 5.92 Å². The molecule has 0 aromatic heterocycles. The molecular weight excluding hydrogens is 254 g/mol. The van der Waals surface area contributed by atoms with Crippen LogP contribution in [-0.2, 0) is 5.54 Å². The van der Waals surface area contributed by atoms with E-state index in [2.05, 4.69) is 73.8 Å². The molecule has 1 aliphatic heterocycles. The molecule has 1 unspecified atom stereocenters. The van der Waals surface area contributed by atoms with Gasteiger partial charge in [0.05, 0.1) is 0 Å². The normalized spacial score (nSPS) is 21.9. The average molecular weight is 279 g/mol. The second-order valence-electron chi connectivity index (χ2n) is 6.65. The molecule has 0 amide bonds. The second-order valence-corrected chi connectivity index (χ2v) is 6.65. The maximum absolute atomic E-state index is 3.78. The summed E-state index contributed by atoms with van der Waals surface area (Å²) in [4.78, 5) is 0. The first-order valence-corrected chi connectivity index (χ1v) is 8.11. The molecule has 0 saturated carbocycles. The Morgan fingerprint density at radius 2 is 1.62 bits per heavy atom. The maximum atomic E-state index is 3.78. The predicted octanol–water partition coefficient (Wildman–Crippen LogP) is 4.98. The van der Waals surface area contributed by atoms with Crippen molar-refractivity contribution in [2.24, 2.45) is 5.92 Å². The Labute approximate surface area is 128 Å². The van der Waals surface area contributed by atoms with Crippen molar-refractivity contribution < 1.29 is 0 Å². The molecule has 1 saturated heterocycles. The van der Waals surface area contributed by atoms with Gasteiger partial charge in [-0.15, -0.1) is 0 Å². The molecule has 0 aliphatic carbocycles. The third kappa shape index (κ3) is 3.03. The van der Waals surface area contributed by atoms with Crippen molar-refractivity contribution in [3.8, 4) is 11.1 Å². The Morgan fingerprint density at radius 3 is 2.19 bits per heavy atom. The van der Waals surface area contributed by atoms with Gasteiger partial charge in [-0.25, -0.2) is 0 Å². The largest absolute Gasteiger partial charge is 0.307 e. The highest BCUT2D eigenvalue weighted by Gasteiger charge is 2.35. The molecule has 1 aliphatic rings. The molecule has 0 radical (unpaired) electrons. The van der Waals surface area contributed by atoms with Crippen LogP contribution in [0.25, 0.3) is 11.1 Å². The summed E-state index contributed by atoms with van der Waals surface area (Å²) in [6.45, 7) is 5.79. The summed E-state index contributed by atoms with van der Waals surface area (Å²) in [7, 11) is 0.